The summed E-state index contributed by atoms with van der Waals surface area (Å²) in [5.41, 5.74) is 0.586. The van der Waals surface area contributed by atoms with E-state index in [1.165, 1.54) is 12.3 Å². The summed E-state index contributed by atoms with van der Waals surface area (Å²) in [6.45, 7) is 0. The van der Waals surface area contributed by atoms with E-state index in [1.807, 2.05) is 0 Å². The number of aromatic nitrogens is 1. The lowest BCUT2D eigenvalue weighted by atomic mass is 10.2. The van der Waals surface area contributed by atoms with Gasteiger partial charge in [0, 0.05) is 21.7 Å². The first-order chi connectivity index (χ1) is 8.59. The molecule has 1 atom stereocenters. The van der Waals surface area contributed by atoms with Crippen molar-refractivity contribution in [1.82, 2.24) is 0 Å². The first-order valence-corrected chi connectivity index (χ1v) is 7.16. The molecule has 1 aromatic heterocycles. The van der Waals surface area contributed by atoms with Crippen LogP contribution < -0.4 is 4.73 Å². The quantitative estimate of drug-likeness (QED) is 0.497. The molecule has 1 unspecified atom stereocenters. The van der Waals surface area contributed by atoms with Crippen LogP contribution in [0.5, 0.6) is 0 Å². The summed E-state index contributed by atoms with van der Waals surface area (Å²) in [5.74, 6) is 0.116. The van der Waals surface area contributed by atoms with Crippen LogP contribution in [-0.2, 0) is 16.9 Å². The molecule has 2 rings (SSSR count). The highest BCUT2D eigenvalue weighted by atomic mass is 35.5. The predicted molar refractivity (Wildman–Crippen MR) is 72.0 cm³/mol. The Morgan fingerprint density at radius 2 is 1.72 bits per heavy atom. The van der Waals surface area contributed by atoms with Crippen molar-refractivity contribution >= 4 is 34.4 Å². The molecular formula is C12H9Cl2NO2S. The standard InChI is InChI=1S/C12H9Cl2NO2S/c13-10-4-3-5-11(14)9(10)8-18(17)12-6-1-2-7-15(12)16/h1-7H,8H2. The van der Waals surface area contributed by atoms with Gasteiger partial charge in [0.15, 0.2) is 6.20 Å². The molecule has 0 N–H and O–H groups in total. The van der Waals surface area contributed by atoms with Gasteiger partial charge < -0.3 is 9.76 Å². The summed E-state index contributed by atoms with van der Waals surface area (Å²) in [7, 11) is 0. The number of hydrogen-bond donors (Lipinski definition) is 0. The van der Waals surface area contributed by atoms with Gasteiger partial charge in [-0.25, -0.2) is 0 Å². The van der Waals surface area contributed by atoms with E-state index in [0.717, 1.165) is 0 Å². The molecule has 6 heteroatoms. The van der Waals surface area contributed by atoms with Crippen molar-refractivity contribution in [2.24, 2.45) is 0 Å². The molecule has 94 valence electrons. The molecule has 0 bridgehead atoms. The molecular weight excluding hydrogens is 293 g/mol. The molecule has 0 aliphatic heterocycles. The van der Waals surface area contributed by atoms with E-state index in [-0.39, 0.29) is 10.8 Å². The Bertz CT molecular complexity index is 545. The Kier molecular flexibility index (Phi) is 4.35. The van der Waals surface area contributed by atoms with Crippen molar-refractivity contribution in [2.45, 2.75) is 10.8 Å². The van der Waals surface area contributed by atoms with Crippen LogP contribution in [0.2, 0.25) is 10.0 Å². The van der Waals surface area contributed by atoms with Gasteiger partial charge in [-0.2, -0.15) is 0 Å². The van der Waals surface area contributed by atoms with Gasteiger partial charge in [0.2, 0.25) is 0 Å². The van der Waals surface area contributed by atoms with E-state index >= 15 is 0 Å². The fourth-order valence-corrected chi connectivity index (χ4v) is 3.37. The molecule has 1 aromatic carbocycles. The Morgan fingerprint density at radius 1 is 1.06 bits per heavy atom. The van der Waals surface area contributed by atoms with E-state index in [2.05, 4.69) is 0 Å². The zero-order chi connectivity index (χ0) is 13.1. The van der Waals surface area contributed by atoms with Crippen LogP contribution in [-0.4, -0.2) is 4.55 Å². The van der Waals surface area contributed by atoms with Gasteiger partial charge >= 0.3 is 5.03 Å². The summed E-state index contributed by atoms with van der Waals surface area (Å²) < 4.78 is 12.7. The average Bonchev–Trinajstić information content (AvgIpc) is 2.34. The number of nitrogens with zero attached hydrogens (tertiary/aromatic N) is 1. The minimum absolute atomic E-state index is 0.116. The van der Waals surface area contributed by atoms with Gasteiger partial charge in [-0.3, -0.25) is 0 Å². The number of rotatable bonds is 3. The summed E-state index contributed by atoms with van der Waals surface area (Å²) in [5, 5.41) is 12.6. The Labute approximate surface area is 118 Å². The van der Waals surface area contributed by atoms with Crippen LogP contribution in [0.3, 0.4) is 0 Å². The molecule has 0 aliphatic rings. The van der Waals surface area contributed by atoms with E-state index in [4.69, 9.17) is 23.2 Å². The molecule has 0 saturated carbocycles. The zero-order valence-corrected chi connectivity index (χ0v) is 11.5. The maximum Gasteiger partial charge on any atom is 0.393 e. The van der Waals surface area contributed by atoms with Crippen LogP contribution in [0, 0.1) is 5.21 Å². The van der Waals surface area contributed by atoms with Crippen LogP contribution in [0.15, 0.2) is 47.6 Å². The number of halogens is 2. The Balaban J connectivity index is 2.27. The highest BCUT2D eigenvalue weighted by Crippen LogP contribution is 2.27. The third kappa shape index (κ3) is 2.90. The Hall–Kier alpha value is -0.940. The normalized spacial score (nSPS) is 12.4. The zero-order valence-electron chi connectivity index (χ0n) is 9.18. The molecule has 0 aliphatic carbocycles. The molecule has 0 fully saturated rings. The first-order valence-electron chi connectivity index (χ1n) is 5.09. The van der Waals surface area contributed by atoms with Crippen LogP contribution >= 0.6 is 23.2 Å². The minimum Gasteiger partial charge on any atom is -0.615 e. The molecule has 1 heterocycles. The molecule has 3 nitrogen and oxygen atoms in total. The molecule has 0 saturated heterocycles. The second-order valence-electron chi connectivity index (χ2n) is 3.55. The smallest absolute Gasteiger partial charge is 0.393 e. The van der Waals surface area contributed by atoms with Gasteiger partial charge in [0.1, 0.15) is 5.75 Å². The number of pyridine rings is 1. The highest BCUT2D eigenvalue weighted by Gasteiger charge is 2.23. The summed E-state index contributed by atoms with van der Waals surface area (Å²) in [6.07, 6.45) is 1.31. The summed E-state index contributed by atoms with van der Waals surface area (Å²) in [4.78, 5) is 0. The first kappa shape index (κ1) is 13.5. The molecule has 18 heavy (non-hydrogen) atoms. The van der Waals surface area contributed by atoms with Crippen molar-refractivity contribution in [2.75, 3.05) is 0 Å². The average molecular weight is 302 g/mol. The fourth-order valence-electron chi connectivity index (χ4n) is 1.46. The predicted octanol–water partition coefficient (Wildman–Crippen LogP) is 2.93. The number of hydrogen-bond acceptors (Lipinski definition) is 2. The van der Waals surface area contributed by atoms with Crippen molar-refractivity contribution in [3.8, 4) is 0 Å². The van der Waals surface area contributed by atoms with Crippen LogP contribution in [0.4, 0.5) is 0 Å². The maximum absolute atomic E-state index is 12.1. The summed E-state index contributed by atoms with van der Waals surface area (Å²) in [6, 6.07) is 9.83. The second-order valence-corrected chi connectivity index (χ2v) is 5.77. The van der Waals surface area contributed by atoms with Crippen LogP contribution in [0.25, 0.3) is 0 Å². The van der Waals surface area contributed by atoms with Gasteiger partial charge in [0.05, 0.1) is 17.2 Å². The van der Waals surface area contributed by atoms with Gasteiger partial charge in [-0.05, 0) is 18.2 Å². The lowest BCUT2D eigenvalue weighted by molar-refractivity contribution is -0.646. The third-order valence-corrected chi connectivity index (χ3v) is 4.40. The molecule has 0 radical (unpaired) electrons. The molecule has 2 aromatic rings. The van der Waals surface area contributed by atoms with Gasteiger partial charge in [-0.15, -0.1) is 4.73 Å². The van der Waals surface area contributed by atoms with Crippen molar-refractivity contribution < 1.29 is 9.28 Å². The van der Waals surface area contributed by atoms with Crippen LogP contribution in [0.1, 0.15) is 5.56 Å². The van der Waals surface area contributed by atoms with Crippen molar-refractivity contribution in [1.29, 1.82) is 0 Å². The second kappa shape index (κ2) is 5.80. The highest BCUT2D eigenvalue weighted by molar-refractivity contribution is 7.90. The third-order valence-electron chi connectivity index (χ3n) is 2.36. The van der Waals surface area contributed by atoms with E-state index in [9.17, 15) is 9.76 Å². The summed E-state index contributed by atoms with van der Waals surface area (Å²) >= 11 is 10.5. The lowest BCUT2D eigenvalue weighted by Gasteiger charge is -2.11. The minimum atomic E-state index is -1.48. The molecule has 0 amide bonds. The Morgan fingerprint density at radius 3 is 2.33 bits per heavy atom. The van der Waals surface area contributed by atoms with E-state index in [1.54, 1.807) is 30.3 Å². The van der Waals surface area contributed by atoms with E-state index in [0.29, 0.717) is 20.3 Å². The lowest BCUT2D eigenvalue weighted by Crippen LogP contribution is -2.33. The van der Waals surface area contributed by atoms with Crippen molar-refractivity contribution in [3.05, 3.63) is 63.4 Å². The number of benzene rings is 1. The SMILES string of the molecule is [O-][n+]1ccccc1[S+]([O-])Cc1c(Cl)cccc1Cl. The fraction of sp³-hybridized carbons (Fsp3) is 0.0833. The maximum atomic E-state index is 12.1. The monoisotopic (exact) mass is 301 g/mol. The van der Waals surface area contributed by atoms with Gasteiger partial charge in [0.25, 0.3) is 0 Å². The largest absolute Gasteiger partial charge is 0.615 e. The van der Waals surface area contributed by atoms with Gasteiger partial charge in [-0.1, -0.05) is 29.3 Å². The van der Waals surface area contributed by atoms with Crippen molar-refractivity contribution in [3.63, 3.8) is 0 Å². The molecule has 0 spiro atoms. The topological polar surface area (TPSA) is 50.0 Å². The van der Waals surface area contributed by atoms with E-state index < -0.39 is 11.2 Å².